The topological polar surface area (TPSA) is 46.8 Å². The molecule has 7 heteroatoms. The summed E-state index contributed by atoms with van der Waals surface area (Å²) in [6.07, 6.45) is 0. The lowest BCUT2D eigenvalue weighted by Crippen LogP contribution is -1.99. The van der Waals surface area contributed by atoms with Crippen LogP contribution >= 0.6 is 23.8 Å². The molecule has 0 atom stereocenters. The number of fused-ring (bicyclic) bond motifs is 1. The predicted molar refractivity (Wildman–Crippen MR) is 72.4 cm³/mol. The number of H-pyrrole nitrogens is 1. The molecule has 0 aliphatic carbocycles. The van der Waals surface area contributed by atoms with Crippen molar-refractivity contribution in [3.63, 3.8) is 0 Å². The molecule has 1 aromatic carbocycles. The normalized spacial score (nSPS) is 11.3. The Kier molecular flexibility index (Phi) is 2.91. The Labute approximate surface area is 117 Å². The molecule has 2 heterocycles. The minimum absolute atomic E-state index is 0.0617. The zero-order valence-corrected chi connectivity index (χ0v) is 11.5. The van der Waals surface area contributed by atoms with Crippen LogP contribution in [0.5, 0.6) is 0 Å². The number of benzene rings is 1. The summed E-state index contributed by atoms with van der Waals surface area (Å²) in [5.41, 5.74) is 2.08. The number of aryl methyl sites for hydroxylation is 1. The highest BCUT2D eigenvalue weighted by Gasteiger charge is 2.11. The summed E-state index contributed by atoms with van der Waals surface area (Å²) < 4.78 is 20.7. The average molecular weight is 298 g/mol. The van der Waals surface area contributed by atoms with Gasteiger partial charge in [-0.3, -0.25) is 0 Å². The van der Waals surface area contributed by atoms with Crippen LogP contribution in [0.25, 0.3) is 11.0 Å². The lowest BCUT2D eigenvalue weighted by atomic mass is 10.3. The first-order chi connectivity index (χ1) is 9.04. The summed E-state index contributed by atoms with van der Waals surface area (Å²) in [4.78, 5) is 2.94. The zero-order valence-electron chi connectivity index (χ0n) is 9.91. The van der Waals surface area contributed by atoms with Crippen LogP contribution < -0.4 is 0 Å². The molecule has 2 aromatic heterocycles. The molecule has 3 aromatic rings. The van der Waals surface area contributed by atoms with Gasteiger partial charge in [0.1, 0.15) is 17.3 Å². The molecular weight excluding hydrogens is 289 g/mol. The van der Waals surface area contributed by atoms with E-state index in [1.807, 2.05) is 13.0 Å². The van der Waals surface area contributed by atoms with E-state index in [0.29, 0.717) is 16.8 Å². The van der Waals surface area contributed by atoms with Crippen LogP contribution in [0.3, 0.4) is 0 Å². The van der Waals surface area contributed by atoms with Gasteiger partial charge in [0.05, 0.1) is 22.6 Å². The van der Waals surface area contributed by atoms with Gasteiger partial charge in [0.25, 0.3) is 0 Å². The van der Waals surface area contributed by atoms with E-state index in [9.17, 15) is 4.39 Å². The summed E-state index contributed by atoms with van der Waals surface area (Å²) in [7, 11) is 0. The van der Waals surface area contributed by atoms with Gasteiger partial charge in [-0.15, -0.1) is 0 Å². The second-order valence-electron chi connectivity index (χ2n) is 4.23. The number of hydrogen-bond acceptors (Lipinski definition) is 3. The quantitative estimate of drug-likeness (QED) is 0.731. The van der Waals surface area contributed by atoms with Crippen LogP contribution in [0.4, 0.5) is 4.39 Å². The van der Waals surface area contributed by atoms with Crippen molar-refractivity contribution < 1.29 is 8.91 Å². The minimum atomic E-state index is -0.477. The zero-order chi connectivity index (χ0) is 13.6. The standard InChI is InChI=1S/C12H9ClFN3OS/c1-6-2-7(16-18-6)5-17-11-3-8(13)9(14)4-10(11)15-12(17)19/h2-4H,5H2,1H3,(H,15,19). The first kappa shape index (κ1) is 12.4. The number of nitrogens with zero attached hydrogens (tertiary/aromatic N) is 2. The molecule has 19 heavy (non-hydrogen) atoms. The second kappa shape index (κ2) is 4.47. The average Bonchev–Trinajstić information content (AvgIpc) is 2.87. The van der Waals surface area contributed by atoms with Crippen LogP contribution in [0, 0.1) is 17.5 Å². The molecule has 0 saturated heterocycles. The first-order valence-corrected chi connectivity index (χ1v) is 6.33. The molecule has 0 spiro atoms. The maximum Gasteiger partial charge on any atom is 0.178 e. The minimum Gasteiger partial charge on any atom is -0.361 e. The van der Waals surface area contributed by atoms with Crippen molar-refractivity contribution >= 4 is 34.9 Å². The Morgan fingerprint density at radius 2 is 2.26 bits per heavy atom. The third-order valence-corrected chi connectivity index (χ3v) is 3.43. The van der Waals surface area contributed by atoms with Crippen molar-refractivity contribution in [2.45, 2.75) is 13.5 Å². The van der Waals surface area contributed by atoms with Crippen LogP contribution in [-0.4, -0.2) is 14.7 Å². The van der Waals surface area contributed by atoms with Gasteiger partial charge >= 0.3 is 0 Å². The lowest BCUT2D eigenvalue weighted by Gasteiger charge is -2.02. The summed E-state index contributed by atoms with van der Waals surface area (Å²) in [5.74, 6) is 0.250. The third-order valence-electron chi connectivity index (χ3n) is 2.81. The van der Waals surface area contributed by atoms with Gasteiger partial charge in [0.15, 0.2) is 4.77 Å². The maximum atomic E-state index is 13.4. The number of hydrogen-bond donors (Lipinski definition) is 1. The van der Waals surface area contributed by atoms with Crippen LogP contribution in [0.1, 0.15) is 11.5 Å². The molecule has 0 bridgehead atoms. The number of aromatic amines is 1. The fourth-order valence-corrected chi connectivity index (χ4v) is 2.39. The maximum absolute atomic E-state index is 13.4. The first-order valence-electron chi connectivity index (χ1n) is 5.54. The SMILES string of the molecule is Cc1cc(Cn2c(=S)[nH]c3cc(F)c(Cl)cc32)no1. The smallest absolute Gasteiger partial charge is 0.178 e. The number of imidazole rings is 1. The molecule has 0 saturated carbocycles. The Balaban J connectivity index is 2.15. The third kappa shape index (κ3) is 2.17. The molecular formula is C12H9ClFN3OS. The number of rotatable bonds is 2. The highest BCUT2D eigenvalue weighted by Crippen LogP contribution is 2.23. The Bertz CT molecular complexity index is 820. The molecule has 3 rings (SSSR count). The largest absolute Gasteiger partial charge is 0.361 e. The van der Waals surface area contributed by atoms with Gasteiger partial charge < -0.3 is 14.1 Å². The van der Waals surface area contributed by atoms with Gasteiger partial charge in [0.2, 0.25) is 0 Å². The molecule has 98 valence electrons. The number of aromatic nitrogens is 3. The van der Waals surface area contributed by atoms with Crippen molar-refractivity contribution in [3.8, 4) is 0 Å². The van der Waals surface area contributed by atoms with Crippen molar-refractivity contribution in [1.29, 1.82) is 0 Å². The second-order valence-corrected chi connectivity index (χ2v) is 5.02. The van der Waals surface area contributed by atoms with Crippen LogP contribution in [-0.2, 0) is 6.54 Å². The van der Waals surface area contributed by atoms with E-state index in [2.05, 4.69) is 10.1 Å². The Morgan fingerprint density at radius 1 is 1.47 bits per heavy atom. The fourth-order valence-electron chi connectivity index (χ4n) is 1.96. The van der Waals surface area contributed by atoms with E-state index in [0.717, 1.165) is 17.0 Å². The summed E-state index contributed by atoms with van der Waals surface area (Å²) in [6.45, 7) is 2.26. The summed E-state index contributed by atoms with van der Waals surface area (Å²) in [5, 5.41) is 3.98. The predicted octanol–water partition coefficient (Wildman–Crippen LogP) is 3.84. The number of halogens is 2. The monoisotopic (exact) mass is 297 g/mol. The van der Waals surface area contributed by atoms with E-state index >= 15 is 0 Å². The Hall–Kier alpha value is -1.66. The molecule has 0 amide bonds. The highest BCUT2D eigenvalue weighted by atomic mass is 35.5. The van der Waals surface area contributed by atoms with Gasteiger partial charge in [-0.1, -0.05) is 16.8 Å². The van der Waals surface area contributed by atoms with E-state index < -0.39 is 5.82 Å². The van der Waals surface area contributed by atoms with Crippen molar-refractivity contribution in [3.05, 3.63) is 45.3 Å². The van der Waals surface area contributed by atoms with E-state index in [1.54, 1.807) is 10.6 Å². The van der Waals surface area contributed by atoms with Gasteiger partial charge in [-0.25, -0.2) is 4.39 Å². The Morgan fingerprint density at radius 3 is 2.95 bits per heavy atom. The van der Waals surface area contributed by atoms with Crippen LogP contribution in [0.2, 0.25) is 5.02 Å². The van der Waals surface area contributed by atoms with Gasteiger partial charge in [0, 0.05) is 12.1 Å². The molecule has 1 N–H and O–H groups in total. The molecule has 4 nitrogen and oxygen atoms in total. The van der Waals surface area contributed by atoms with Crippen LogP contribution in [0.15, 0.2) is 22.7 Å². The lowest BCUT2D eigenvalue weighted by molar-refractivity contribution is 0.389. The van der Waals surface area contributed by atoms with Crippen molar-refractivity contribution in [1.82, 2.24) is 14.7 Å². The fraction of sp³-hybridized carbons (Fsp3) is 0.167. The van der Waals surface area contributed by atoms with Crippen molar-refractivity contribution in [2.75, 3.05) is 0 Å². The van der Waals surface area contributed by atoms with E-state index in [-0.39, 0.29) is 5.02 Å². The molecule has 0 radical (unpaired) electrons. The molecule has 0 aliphatic heterocycles. The molecule has 0 aliphatic rings. The van der Waals surface area contributed by atoms with E-state index in [1.165, 1.54) is 6.07 Å². The van der Waals surface area contributed by atoms with Crippen molar-refractivity contribution in [2.24, 2.45) is 0 Å². The summed E-state index contributed by atoms with van der Waals surface area (Å²) >= 11 is 11.0. The number of nitrogens with one attached hydrogen (secondary N) is 1. The molecule has 0 unspecified atom stereocenters. The van der Waals surface area contributed by atoms with Gasteiger partial charge in [-0.05, 0) is 25.2 Å². The van der Waals surface area contributed by atoms with E-state index in [4.69, 9.17) is 28.3 Å². The summed E-state index contributed by atoms with van der Waals surface area (Å²) in [6, 6.07) is 4.70. The van der Waals surface area contributed by atoms with Gasteiger partial charge in [-0.2, -0.15) is 0 Å². The molecule has 0 fully saturated rings. The highest BCUT2D eigenvalue weighted by molar-refractivity contribution is 7.71.